The van der Waals surface area contributed by atoms with Crippen LogP contribution in [0, 0.1) is 12.7 Å². The van der Waals surface area contributed by atoms with Crippen LogP contribution in [0.25, 0.3) is 28.2 Å². The third-order valence-electron chi connectivity index (χ3n) is 6.39. The minimum atomic E-state index is -0.301. The molecule has 0 saturated carbocycles. The first-order valence-corrected chi connectivity index (χ1v) is 10.7. The van der Waals surface area contributed by atoms with Gasteiger partial charge in [0, 0.05) is 37.1 Å². The summed E-state index contributed by atoms with van der Waals surface area (Å²) < 4.78 is 16.7. The Morgan fingerprint density at radius 3 is 2.71 bits per heavy atom. The molecule has 1 aromatic carbocycles. The van der Waals surface area contributed by atoms with E-state index in [4.69, 9.17) is 9.97 Å². The minimum absolute atomic E-state index is 0.301. The number of pyridine rings is 2. The standard InChI is InChI=1S/C24H23FN6/c1-15-12-17(10-11-26-15)31-23(19-4-2-3-5-20(19)25)28-21-8-9-22(29-24(21)31)30-14-16-6-7-18(30)13-27-16/h2-5,8-12,16,18,27H,6-7,13-14H2,1H3/t16-,18-/m1/s1. The lowest BCUT2D eigenvalue weighted by atomic mass is 9.93. The molecule has 0 radical (unpaired) electrons. The number of hydrogen-bond acceptors (Lipinski definition) is 5. The van der Waals surface area contributed by atoms with Crippen LogP contribution in [-0.2, 0) is 0 Å². The van der Waals surface area contributed by atoms with Gasteiger partial charge in [-0.1, -0.05) is 12.1 Å². The highest BCUT2D eigenvalue weighted by molar-refractivity contribution is 5.81. The molecule has 1 N–H and O–H groups in total. The van der Waals surface area contributed by atoms with Crippen molar-refractivity contribution in [1.82, 2.24) is 24.8 Å². The number of piperazine rings is 1. The Labute approximate surface area is 179 Å². The predicted molar refractivity (Wildman–Crippen MR) is 119 cm³/mol. The topological polar surface area (TPSA) is 58.9 Å². The van der Waals surface area contributed by atoms with Crippen LogP contribution in [0.5, 0.6) is 0 Å². The Kier molecular flexibility index (Phi) is 4.24. The molecular formula is C24H23FN6. The van der Waals surface area contributed by atoms with Gasteiger partial charge in [-0.25, -0.2) is 14.4 Å². The van der Waals surface area contributed by atoms with Gasteiger partial charge in [-0.2, -0.15) is 0 Å². The predicted octanol–water partition coefficient (Wildman–Crippen LogP) is 3.87. The van der Waals surface area contributed by atoms with E-state index in [1.807, 2.05) is 41.8 Å². The maximum absolute atomic E-state index is 14.7. The molecule has 2 atom stereocenters. The highest BCUT2D eigenvalue weighted by Crippen LogP contribution is 2.32. The summed E-state index contributed by atoms with van der Waals surface area (Å²) in [6.45, 7) is 3.90. The third kappa shape index (κ3) is 3.08. The van der Waals surface area contributed by atoms with Gasteiger partial charge in [0.25, 0.3) is 0 Å². The lowest BCUT2D eigenvalue weighted by Gasteiger charge is -2.46. The number of hydrogen-bond donors (Lipinski definition) is 1. The fourth-order valence-corrected chi connectivity index (χ4v) is 4.83. The molecule has 31 heavy (non-hydrogen) atoms. The highest BCUT2D eigenvalue weighted by atomic mass is 19.1. The number of nitrogens with one attached hydrogen (secondary N) is 1. The molecule has 3 fully saturated rings. The van der Waals surface area contributed by atoms with Gasteiger partial charge in [0.15, 0.2) is 5.65 Å². The molecule has 3 aliphatic rings. The first kappa shape index (κ1) is 18.4. The first-order valence-electron chi connectivity index (χ1n) is 10.7. The fraction of sp³-hybridized carbons (Fsp3) is 0.292. The Morgan fingerprint density at radius 1 is 1.06 bits per heavy atom. The van der Waals surface area contributed by atoms with E-state index in [0.717, 1.165) is 41.5 Å². The number of imidazole rings is 1. The second kappa shape index (κ2) is 7.13. The second-order valence-electron chi connectivity index (χ2n) is 8.41. The number of aryl methyl sites for hydroxylation is 1. The van der Waals surface area contributed by atoms with E-state index in [9.17, 15) is 4.39 Å². The summed E-state index contributed by atoms with van der Waals surface area (Å²) in [4.78, 5) is 16.6. The van der Waals surface area contributed by atoms with Gasteiger partial charge in [-0.3, -0.25) is 9.55 Å². The molecule has 3 aromatic heterocycles. The monoisotopic (exact) mass is 414 g/mol. The highest BCUT2D eigenvalue weighted by Gasteiger charge is 2.34. The number of anilines is 1. The molecule has 156 valence electrons. The SMILES string of the molecule is Cc1cc(-n2c(-c3ccccc3F)nc3ccc(N4C[C@H]5CC[C@@H]4CN5)nc32)ccn1. The van der Waals surface area contributed by atoms with E-state index in [1.54, 1.807) is 18.3 Å². The Hall–Kier alpha value is -3.32. The van der Waals surface area contributed by atoms with Crippen LogP contribution in [0.1, 0.15) is 18.5 Å². The number of fused-ring (bicyclic) bond motifs is 4. The molecule has 0 unspecified atom stereocenters. The zero-order valence-corrected chi connectivity index (χ0v) is 17.3. The summed E-state index contributed by atoms with van der Waals surface area (Å²) in [5, 5.41) is 3.60. The van der Waals surface area contributed by atoms with Crippen molar-refractivity contribution in [2.24, 2.45) is 0 Å². The third-order valence-corrected chi connectivity index (χ3v) is 6.39. The van der Waals surface area contributed by atoms with E-state index in [2.05, 4.69) is 15.2 Å². The van der Waals surface area contributed by atoms with Crippen molar-refractivity contribution in [3.8, 4) is 17.1 Å². The summed E-state index contributed by atoms with van der Waals surface area (Å²) in [5.41, 5.74) is 3.69. The number of rotatable bonds is 3. The van der Waals surface area contributed by atoms with Crippen LogP contribution < -0.4 is 10.2 Å². The van der Waals surface area contributed by atoms with E-state index in [-0.39, 0.29) is 5.82 Å². The molecular weight excluding hydrogens is 391 g/mol. The normalized spacial score (nSPS) is 20.5. The maximum atomic E-state index is 14.7. The fourth-order valence-electron chi connectivity index (χ4n) is 4.83. The maximum Gasteiger partial charge on any atom is 0.167 e. The van der Waals surface area contributed by atoms with Crippen molar-refractivity contribution >= 4 is 17.0 Å². The Bertz CT molecular complexity index is 1270. The second-order valence-corrected chi connectivity index (χ2v) is 8.41. The average molecular weight is 414 g/mol. The van der Waals surface area contributed by atoms with Crippen LogP contribution in [0.15, 0.2) is 54.7 Å². The van der Waals surface area contributed by atoms with Crippen LogP contribution in [-0.4, -0.2) is 44.7 Å². The lowest BCUT2D eigenvalue weighted by Crippen LogP contribution is -2.61. The molecule has 7 heteroatoms. The Balaban J connectivity index is 1.57. The van der Waals surface area contributed by atoms with Crippen molar-refractivity contribution in [3.63, 3.8) is 0 Å². The van der Waals surface area contributed by atoms with Gasteiger partial charge in [-0.05, 0) is 56.2 Å². The molecule has 6 heterocycles. The largest absolute Gasteiger partial charge is 0.351 e. The summed E-state index contributed by atoms with van der Waals surface area (Å²) in [7, 11) is 0. The van der Waals surface area contributed by atoms with E-state index in [1.165, 1.54) is 18.9 Å². The van der Waals surface area contributed by atoms with Gasteiger partial charge in [0.1, 0.15) is 23.0 Å². The first-order chi connectivity index (χ1) is 15.2. The van der Waals surface area contributed by atoms with E-state index >= 15 is 0 Å². The zero-order valence-electron chi connectivity index (χ0n) is 17.3. The van der Waals surface area contributed by atoms with Gasteiger partial charge in [-0.15, -0.1) is 0 Å². The molecule has 2 bridgehead atoms. The number of benzene rings is 1. The zero-order chi connectivity index (χ0) is 20.9. The summed E-state index contributed by atoms with van der Waals surface area (Å²) in [6.07, 6.45) is 4.16. The van der Waals surface area contributed by atoms with Crippen LogP contribution >= 0.6 is 0 Å². The summed E-state index contributed by atoms with van der Waals surface area (Å²) >= 11 is 0. The van der Waals surface area contributed by atoms with E-state index < -0.39 is 0 Å². The van der Waals surface area contributed by atoms with Crippen LogP contribution in [0.2, 0.25) is 0 Å². The molecule has 0 spiro atoms. The Morgan fingerprint density at radius 2 is 1.97 bits per heavy atom. The molecule has 7 rings (SSSR count). The molecule has 6 nitrogen and oxygen atoms in total. The smallest absolute Gasteiger partial charge is 0.167 e. The molecule has 3 saturated heterocycles. The quantitative estimate of drug-likeness (QED) is 0.552. The van der Waals surface area contributed by atoms with Crippen LogP contribution in [0.3, 0.4) is 0 Å². The number of aromatic nitrogens is 4. The van der Waals surface area contributed by atoms with Crippen molar-refractivity contribution < 1.29 is 4.39 Å². The van der Waals surface area contributed by atoms with Crippen molar-refractivity contribution in [3.05, 3.63) is 66.2 Å². The van der Waals surface area contributed by atoms with Crippen LogP contribution in [0.4, 0.5) is 10.2 Å². The number of piperidine rings is 2. The van der Waals surface area contributed by atoms with E-state index in [0.29, 0.717) is 23.5 Å². The summed E-state index contributed by atoms with van der Waals surface area (Å²) in [6, 6.07) is 15.7. The molecule has 3 aliphatic heterocycles. The van der Waals surface area contributed by atoms with Crippen molar-refractivity contribution in [2.45, 2.75) is 31.8 Å². The molecule has 0 aliphatic carbocycles. The van der Waals surface area contributed by atoms with Gasteiger partial charge < -0.3 is 10.2 Å². The number of nitrogens with zero attached hydrogens (tertiary/aromatic N) is 5. The summed E-state index contributed by atoms with van der Waals surface area (Å²) in [5.74, 6) is 1.20. The van der Waals surface area contributed by atoms with Gasteiger partial charge in [0.2, 0.25) is 0 Å². The lowest BCUT2D eigenvalue weighted by molar-refractivity contribution is 0.289. The number of halogens is 1. The van der Waals surface area contributed by atoms with Crippen molar-refractivity contribution in [2.75, 3.05) is 18.0 Å². The molecule has 0 amide bonds. The minimum Gasteiger partial charge on any atom is -0.351 e. The van der Waals surface area contributed by atoms with Crippen molar-refractivity contribution in [1.29, 1.82) is 0 Å². The molecule has 4 aromatic rings. The average Bonchev–Trinajstić information content (AvgIpc) is 3.18. The van der Waals surface area contributed by atoms with Gasteiger partial charge in [0.05, 0.1) is 11.3 Å². The van der Waals surface area contributed by atoms with Gasteiger partial charge >= 0.3 is 0 Å².